The number of carbonyl (C=O) groups is 1. The molecule has 7 heteroatoms. The van der Waals surface area contributed by atoms with Crippen molar-refractivity contribution in [1.29, 1.82) is 0 Å². The molecular formula is C20H34Cl2N4O. The van der Waals surface area contributed by atoms with E-state index in [4.69, 9.17) is 0 Å². The van der Waals surface area contributed by atoms with Crippen molar-refractivity contribution in [3.63, 3.8) is 0 Å². The third-order valence-electron chi connectivity index (χ3n) is 5.69. The van der Waals surface area contributed by atoms with Gasteiger partial charge in [-0.2, -0.15) is 0 Å². The second kappa shape index (κ2) is 11.9. The molecule has 2 aliphatic heterocycles. The fraction of sp³-hybridized carbons (Fsp3) is 0.650. The Hall–Kier alpha value is -0.850. The van der Waals surface area contributed by atoms with Crippen molar-refractivity contribution in [2.24, 2.45) is 11.8 Å². The van der Waals surface area contributed by atoms with Crippen LogP contribution in [0.1, 0.15) is 12.5 Å². The summed E-state index contributed by atoms with van der Waals surface area (Å²) < 4.78 is 0. The molecule has 154 valence electrons. The SMILES string of the molecule is CC(C(=O)N1CCN(CCN(C)Cc2ccccc2)CC1)C1CNC1.Cl.Cl. The van der Waals surface area contributed by atoms with Crippen LogP contribution in [-0.2, 0) is 11.3 Å². The first kappa shape index (κ1) is 24.2. The summed E-state index contributed by atoms with van der Waals surface area (Å²) in [6, 6.07) is 10.6. The van der Waals surface area contributed by atoms with Gasteiger partial charge >= 0.3 is 0 Å². The number of likely N-dealkylation sites (N-methyl/N-ethyl adjacent to an activating group) is 1. The fourth-order valence-corrected chi connectivity index (χ4v) is 3.63. The summed E-state index contributed by atoms with van der Waals surface area (Å²) in [7, 11) is 2.18. The van der Waals surface area contributed by atoms with E-state index in [-0.39, 0.29) is 30.7 Å². The minimum atomic E-state index is 0. The summed E-state index contributed by atoms with van der Waals surface area (Å²) >= 11 is 0. The Kier molecular flexibility index (Phi) is 10.6. The minimum Gasteiger partial charge on any atom is -0.340 e. The van der Waals surface area contributed by atoms with Crippen molar-refractivity contribution < 1.29 is 4.79 Å². The molecule has 0 aromatic heterocycles. The van der Waals surface area contributed by atoms with E-state index in [9.17, 15) is 4.79 Å². The normalized spacial score (nSPS) is 19.0. The Morgan fingerprint density at radius 3 is 2.33 bits per heavy atom. The Labute approximate surface area is 176 Å². The number of nitrogens with zero attached hydrogens (tertiary/aromatic N) is 3. The predicted octanol–water partition coefficient (Wildman–Crippen LogP) is 1.96. The Morgan fingerprint density at radius 1 is 1.15 bits per heavy atom. The molecular weight excluding hydrogens is 383 g/mol. The fourth-order valence-electron chi connectivity index (χ4n) is 3.63. The average Bonchev–Trinajstić information content (AvgIpc) is 2.59. The smallest absolute Gasteiger partial charge is 0.225 e. The van der Waals surface area contributed by atoms with Crippen LogP contribution in [0.3, 0.4) is 0 Å². The molecule has 0 saturated carbocycles. The molecule has 5 nitrogen and oxygen atoms in total. The van der Waals surface area contributed by atoms with E-state index in [2.05, 4.69) is 64.3 Å². The van der Waals surface area contributed by atoms with Gasteiger partial charge in [0.2, 0.25) is 5.91 Å². The van der Waals surface area contributed by atoms with Crippen molar-refractivity contribution in [2.75, 3.05) is 59.4 Å². The van der Waals surface area contributed by atoms with E-state index < -0.39 is 0 Å². The number of rotatable bonds is 7. The summed E-state index contributed by atoms with van der Waals surface area (Å²) in [6.45, 7) is 11.0. The van der Waals surface area contributed by atoms with Crippen LogP contribution in [0.2, 0.25) is 0 Å². The molecule has 0 radical (unpaired) electrons. The van der Waals surface area contributed by atoms with Gasteiger partial charge in [-0.3, -0.25) is 9.69 Å². The van der Waals surface area contributed by atoms with E-state index in [0.29, 0.717) is 11.8 Å². The number of nitrogens with one attached hydrogen (secondary N) is 1. The number of halogens is 2. The maximum atomic E-state index is 12.6. The molecule has 1 unspecified atom stereocenters. The molecule has 0 spiro atoms. The van der Waals surface area contributed by atoms with Gasteiger partial charge in [-0.1, -0.05) is 37.3 Å². The van der Waals surface area contributed by atoms with Gasteiger partial charge < -0.3 is 15.1 Å². The van der Waals surface area contributed by atoms with Gasteiger partial charge in [-0.05, 0) is 31.6 Å². The van der Waals surface area contributed by atoms with Crippen molar-refractivity contribution in [1.82, 2.24) is 20.0 Å². The highest BCUT2D eigenvalue weighted by molar-refractivity contribution is 5.85. The van der Waals surface area contributed by atoms with Crippen LogP contribution >= 0.6 is 24.8 Å². The molecule has 2 saturated heterocycles. The van der Waals surface area contributed by atoms with Crippen LogP contribution < -0.4 is 5.32 Å². The standard InChI is InChI=1S/C20H32N4O.2ClH/c1-17(19-14-21-15-19)20(25)24-12-10-23(11-13-24)9-8-22(2)16-18-6-4-3-5-7-18;;/h3-7,17,19,21H,8-16H2,1-2H3;2*1H. The van der Waals surface area contributed by atoms with Crippen molar-refractivity contribution in [3.8, 4) is 0 Å². The summed E-state index contributed by atoms with van der Waals surface area (Å²) in [5.74, 6) is 1.06. The summed E-state index contributed by atoms with van der Waals surface area (Å²) in [4.78, 5) is 19.5. The third kappa shape index (κ3) is 6.91. The van der Waals surface area contributed by atoms with Crippen molar-refractivity contribution in [2.45, 2.75) is 13.5 Å². The van der Waals surface area contributed by atoms with Gasteiger partial charge in [0, 0.05) is 51.7 Å². The Balaban J connectivity index is 0.00000182. The predicted molar refractivity (Wildman–Crippen MR) is 116 cm³/mol. The zero-order valence-corrected chi connectivity index (χ0v) is 18.1. The largest absolute Gasteiger partial charge is 0.340 e. The first-order valence-corrected chi connectivity index (χ1v) is 9.58. The third-order valence-corrected chi connectivity index (χ3v) is 5.69. The highest BCUT2D eigenvalue weighted by atomic mass is 35.5. The zero-order chi connectivity index (χ0) is 17.6. The maximum Gasteiger partial charge on any atom is 0.225 e. The van der Waals surface area contributed by atoms with Crippen LogP contribution in [0, 0.1) is 11.8 Å². The topological polar surface area (TPSA) is 38.8 Å². The average molecular weight is 417 g/mol. The highest BCUT2D eigenvalue weighted by Crippen LogP contribution is 2.19. The molecule has 2 aliphatic rings. The molecule has 2 fully saturated rings. The number of benzene rings is 1. The van der Waals surface area contributed by atoms with Crippen LogP contribution in [0.15, 0.2) is 30.3 Å². The number of amides is 1. The lowest BCUT2D eigenvalue weighted by Gasteiger charge is -2.39. The maximum absolute atomic E-state index is 12.6. The molecule has 1 atom stereocenters. The zero-order valence-electron chi connectivity index (χ0n) is 16.5. The van der Waals surface area contributed by atoms with Crippen molar-refractivity contribution in [3.05, 3.63) is 35.9 Å². The van der Waals surface area contributed by atoms with Gasteiger partial charge in [0.25, 0.3) is 0 Å². The summed E-state index contributed by atoms with van der Waals surface area (Å²) in [6.07, 6.45) is 0. The lowest BCUT2D eigenvalue weighted by molar-refractivity contribution is -0.139. The minimum absolute atomic E-state index is 0. The molecule has 27 heavy (non-hydrogen) atoms. The molecule has 0 bridgehead atoms. The lowest BCUT2D eigenvalue weighted by atomic mass is 9.88. The molecule has 1 amide bonds. The molecule has 1 aromatic rings. The van der Waals surface area contributed by atoms with Crippen LogP contribution in [0.25, 0.3) is 0 Å². The number of hydrogen-bond acceptors (Lipinski definition) is 4. The van der Waals surface area contributed by atoms with Crippen LogP contribution in [0.5, 0.6) is 0 Å². The van der Waals surface area contributed by atoms with Gasteiger partial charge in [-0.25, -0.2) is 0 Å². The Bertz CT molecular complexity index is 548. The number of piperazine rings is 1. The molecule has 1 N–H and O–H groups in total. The van der Waals surface area contributed by atoms with Gasteiger partial charge in [0.05, 0.1) is 0 Å². The van der Waals surface area contributed by atoms with Gasteiger partial charge in [0.1, 0.15) is 0 Å². The highest BCUT2D eigenvalue weighted by Gasteiger charge is 2.32. The van der Waals surface area contributed by atoms with Crippen LogP contribution in [0.4, 0.5) is 0 Å². The number of carbonyl (C=O) groups excluding carboxylic acids is 1. The van der Waals surface area contributed by atoms with Crippen LogP contribution in [-0.4, -0.2) is 80.0 Å². The first-order valence-electron chi connectivity index (χ1n) is 9.58. The summed E-state index contributed by atoms with van der Waals surface area (Å²) in [5.41, 5.74) is 1.36. The van der Waals surface area contributed by atoms with Gasteiger partial charge in [0.15, 0.2) is 0 Å². The van der Waals surface area contributed by atoms with E-state index >= 15 is 0 Å². The van der Waals surface area contributed by atoms with E-state index in [0.717, 1.165) is 58.9 Å². The quantitative estimate of drug-likeness (QED) is 0.737. The monoisotopic (exact) mass is 416 g/mol. The molecule has 0 aliphatic carbocycles. The lowest BCUT2D eigenvalue weighted by Crippen LogP contribution is -2.55. The molecule has 1 aromatic carbocycles. The van der Waals surface area contributed by atoms with E-state index in [1.165, 1.54) is 5.56 Å². The molecule has 3 rings (SSSR count). The van der Waals surface area contributed by atoms with E-state index in [1.807, 2.05) is 0 Å². The van der Waals surface area contributed by atoms with E-state index in [1.54, 1.807) is 0 Å². The molecule has 2 heterocycles. The number of hydrogen-bond donors (Lipinski definition) is 1. The Morgan fingerprint density at radius 2 is 1.78 bits per heavy atom. The second-order valence-electron chi connectivity index (χ2n) is 7.60. The second-order valence-corrected chi connectivity index (χ2v) is 7.60. The first-order chi connectivity index (χ1) is 12.1. The summed E-state index contributed by atoms with van der Waals surface area (Å²) in [5, 5.41) is 3.27. The van der Waals surface area contributed by atoms with Gasteiger partial charge in [-0.15, -0.1) is 24.8 Å². The van der Waals surface area contributed by atoms with Crippen molar-refractivity contribution >= 4 is 30.7 Å².